The molecule has 0 bridgehead atoms. The Bertz CT molecular complexity index is 276. The van der Waals surface area contributed by atoms with Crippen molar-refractivity contribution < 1.29 is 9.15 Å². The first kappa shape index (κ1) is 13.4. The van der Waals surface area contributed by atoms with E-state index >= 15 is 0 Å². The van der Waals surface area contributed by atoms with Gasteiger partial charge in [-0.25, -0.2) is 0 Å². The standard InChI is InChI=1S/C12H20ClNO2/c1-2-3-4-5-6-7-8-15-12-14-11(9-13)10-16-12/h10H,2-9H2,1H3. The zero-order valence-corrected chi connectivity index (χ0v) is 10.6. The normalized spacial score (nSPS) is 10.6. The third-order valence-electron chi connectivity index (χ3n) is 2.39. The summed E-state index contributed by atoms with van der Waals surface area (Å²) in [7, 11) is 0. The molecule has 0 saturated carbocycles. The van der Waals surface area contributed by atoms with Crippen LogP contribution in [0.1, 0.15) is 51.1 Å². The number of hydrogen-bond donors (Lipinski definition) is 0. The summed E-state index contributed by atoms with van der Waals surface area (Å²) in [6.45, 7) is 2.90. The smallest absolute Gasteiger partial charge is 0.393 e. The van der Waals surface area contributed by atoms with Crippen molar-refractivity contribution in [3.63, 3.8) is 0 Å². The van der Waals surface area contributed by atoms with E-state index in [4.69, 9.17) is 20.8 Å². The number of unbranched alkanes of at least 4 members (excludes halogenated alkanes) is 5. The highest BCUT2D eigenvalue weighted by Crippen LogP contribution is 2.12. The summed E-state index contributed by atoms with van der Waals surface area (Å²) in [5.74, 6) is 0.365. The van der Waals surface area contributed by atoms with E-state index in [9.17, 15) is 0 Å². The summed E-state index contributed by atoms with van der Waals surface area (Å²) in [6.07, 6.45) is 9.37. The Morgan fingerprint density at radius 2 is 2.00 bits per heavy atom. The molecule has 1 aromatic heterocycles. The van der Waals surface area contributed by atoms with E-state index in [1.165, 1.54) is 38.4 Å². The molecular weight excluding hydrogens is 226 g/mol. The average Bonchev–Trinajstić information content (AvgIpc) is 2.76. The molecule has 1 rings (SSSR count). The third-order valence-corrected chi connectivity index (χ3v) is 2.66. The van der Waals surface area contributed by atoms with Crippen molar-refractivity contribution in [2.45, 2.75) is 51.3 Å². The lowest BCUT2D eigenvalue weighted by atomic mass is 10.1. The Balaban J connectivity index is 1.98. The first-order valence-corrected chi connectivity index (χ1v) is 6.53. The van der Waals surface area contributed by atoms with E-state index < -0.39 is 0 Å². The molecule has 0 aliphatic heterocycles. The van der Waals surface area contributed by atoms with E-state index in [1.54, 1.807) is 0 Å². The summed E-state index contributed by atoms with van der Waals surface area (Å²) < 4.78 is 10.4. The van der Waals surface area contributed by atoms with Crippen LogP contribution >= 0.6 is 11.6 Å². The lowest BCUT2D eigenvalue weighted by molar-refractivity contribution is 0.224. The van der Waals surface area contributed by atoms with Crippen molar-refractivity contribution >= 4 is 11.6 Å². The van der Waals surface area contributed by atoms with Crippen molar-refractivity contribution in [1.29, 1.82) is 0 Å². The van der Waals surface area contributed by atoms with E-state index in [2.05, 4.69) is 11.9 Å². The minimum Gasteiger partial charge on any atom is -0.450 e. The van der Waals surface area contributed by atoms with Crippen LogP contribution in [-0.4, -0.2) is 11.6 Å². The predicted octanol–water partition coefficient (Wildman–Crippen LogP) is 4.15. The lowest BCUT2D eigenvalue weighted by Gasteiger charge is -2.01. The number of nitrogens with zero attached hydrogens (tertiary/aromatic N) is 1. The maximum Gasteiger partial charge on any atom is 0.393 e. The zero-order chi connectivity index (χ0) is 11.6. The Kier molecular flexibility index (Phi) is 7.06. The van der Waals surface area contributed by atoms with Crippen LogP contribution in [0.2, 0.25) is 0 Å². The maximum atomic E-state index is 5.59. The molecule has 0 fully saturated rings. The van der Waals surface area contributed by atoms with Gasteiger partial charge in [0.2, 0.25) is 0 Å². The van der Waals surface area contributed by atoms with Crippen LogP contribution < -0.4 is 4.74 Å². The number of hydrogen-bond acceptors (Lipinski definition) is 3. The fraction of sp³-hybridized carbons (Fsp3) is 0.750. The minimum atomic E-state index is 0.337. The topological polar surface area (TPSA) is 35.3 Å². The van der Waals surface area contributed by atoms with Crippen LogP contribution in [0.5, 0.6) is 6.08 Å². The molecule has 1 aromatic rings. The summed E-state index contributed by atoms with van der Waals surface area (Å²) >= 11 is 5.59. The molecule has 16 heavy (non-hydrogen) atoms. The van der Waals surface area contributed by atoms with Crippen LogP contribution in [0.4, 0.5) is 0 Å². The number of aromatic nitrogens is 1. The van der Waals surface area contributed by atoms with Gasteiger partial charge in [0.15, 0.2) is 0 Å². The Morgan fingerprint density at radius 3 is 2.69 bits per heavy atom. The van der Waals surface area contributed by atoms with E-state index in [0.717, 1.165) is 12.1 Å². The van der Waals surface area contributed by atoms with Gasteiger partial charge in [0, 0.05) is 0 Å². The Morgan fingerprint density at radius 1 is 1.25 bits per heavy atom. The first-order valence-electron chi connectivity index (χ1n) is 6.00. The van der Waals surface area contributed by atoms with Gasteiger partial charge in [-0.15, -0.1) is 11.6 Å². The molecule has 92 valence electrons. The van der Waals surface area contributed by atoms with Gasteiger partial charge in [0.1, 0.15) is 6.26 Å². The van der Waals surface area contributed by atoms with Gasteiger partial charge in [-0.05, 0) is 6.42 Å². The molecule has 0 aromatic carbocycles. The molecule has 0 N–H and O–H groups in total. The van der Waals surface area contributed by atoms with Crippen LogP contribution in [0.25, 0.3) is 0 Å². The fourth-order valence-corrected chi connectivity index (χ4v) is 1.58. The molecule has 0 spiro atoms. The molecule has 0 radical (unpaired) electrons. The second-order valence-electron chi connectivity index (χ2n) is 3.85. The Hall–Kier alpha value is -0.700. The number of oxazole rings is 1. The summed E-state index contributed by atoms with van der Waals surface area (Å²) in [4.78, 5) is 4.06. The van der Waals surface area contributed by atoms with Crippen molar-refractivity contribution in [2.75, 3.05) is 6.61 Å². The van der Waals surface area contributed by atoms with E-state index in [0.29, 0.717) is 18.6 Å². The summed E-state index contributed by atoms with van der Waals surface area (Å²) in [6, 6.07) is 0. The molecule has 0 aliphatic rings. The highest BCUT2D eigenvalue weighted by atomic mass is 35.5. The Labute approximate surface area is 102 Å². The van der Waals surface area contributed by atoms with Crippen molar-refractivity contribution in [3.05, 3.63) is 12.0 Å². The van der Waals surface area contributed by atoms with Gasteiger partial charge in [-0.1, -0.05) is 39.0 Å². The molecule has 1 heterocycles. The number of rotatable bonds is 9. The SMILES string of the molecule is CCCCCCCCOc1nc(CCl)co1. The van der Waals surface area contributed by atoms with Crippen LogP contribution in [0.3, 0.4) is 0 Å². The minimum absolute atomic E-state index is 0.337. The maximum absolute atomic E-state index is 5.59. The number of ether oxygens (including phenoxy) is 1. The predicted molar refractivity (Wildman–Crippen MR) is 64.9 cm³/mol. The van der Waals surface area contributed by atoms with Gasteiger partial charge in [0.05, 0.1) is 18.2 Å². The average molecular weight is 246 g/mol. The van der Waals surface area contributed by atoms with Crippen molar-refractivity contribution in [3.8, 4) is 6.08 Å². The van der Waals surface area contributed by atoms with Gasteiger partial charge < -0.3 is 9.15 Å². The largest absolute Gasteiger partial charge is 0.450 e. The fourth-order valence-electron chi connectivity index (χ4n) is 1.46. The quantitative estimate of drug-likeness (QED) is 0.484. The van der Waals surface area contributed by atoms with E-state index in [1.807, 2.05) is 0 Å². The summed E-state index contributed by atoms with van der Waals surface area (Å²) in [5.41, 5.74) is 0.722. The van der Waals surface area contributed by atoms with Crippen LogP contribution in [0.15, 0.2) is 10.7 Å². The molecule has 0 atom stereocenters. The van der Waals surface area contributed by atoms with Crippen LogP contribution in [0, 0.1) is 0 Å². The van der Waals surface area contributed by atoms with Gasteiger partial charge in [-0.2, -0.15) is 4.98 Å². The molecule has 0 saturated heterocycles. The zero-order valence-electron chi connectivity index (χ0n) is 9.88. The second kappa shape index (κ2) is 8.45. The second-order valence-corrected chi connectivity index (χ2v) is 4.12. The van der Waals surface area contributed by atoms with E-state index in [-0.39, 0.29) is 0 Å². The highest BCUT2D eigenvalue weighted by molar-refractivity contribution is 6.16. The molecule has 0 amide bonds. The van der Waals surface area contributed by atoms with Crippen molar-refractivity contribution in [2.24, 2.45) is 0 Å². The molecule has 0 unspecified atom stereocenters. The first-order chi connectivity index (χ1) is 7.86. The lowest BCUT2D eigenvalue weighted by Crippen LogP contribution is -1.97. The monoisotopic (exact) mass is 245 g/mol. The number of halogens is 1. The van der Waals surface area contributed by atoms with Crippen molar-refractivity contribution in [1.82, 2.24) is 4.98 Å². The third kappa shape index (κ3) is 5.40. The summed E-state index contributed by atoms with van der Waals surface area (Å²) in [5, 5.41) is 0. The van der Waals surface area contributed by atoms with Gasteiger partial charge in [-0.3, -0.25) is 0 Å². The van der Waals surface area contributed by atoms with Crippen LogP contribution in [-0.2, 0) is 5.88 Å². The molecule has 4 heteroatoms. The highest BCUT2D eigenvalue weighted by Gasteiger charge is 2.02. The van der Waals surface area contributed by atoms with Gasteiger partial charge in [0.25, 0.3) is 0 Å². The molecule has 3 nitrogen and oxygen atoms in total. The number of alkyl halides is 1. The molecule has 0 aliphatic carbocycles. The molecular formula is C12H20ClNO2. The van der Waals surface area contributed by atoms with Gasteiger partial charge >= 0.3 is 6.08 Å².